The van der Waals surface area contributed by atoms with E-state index >= 15 is 0 Å². The second kappa shape index (κ2) is 9.50. The summed E-state index contributed by atoms with van der Waals surface area (Å²) in [5.74, 6) is -0.448. The molecule has 0 radical (unpaired) electrons. The van der Waals surface area contributed by atoms with Crippen LogP contribution >= 0.6 is 11.6 Å². The average Bonchev–Trinajstić information content (AvgIpc) is 2.50. The third-order valence-corrected chi connectivity index (χ3v) is 3.38. The number of aliphatic imine (C=N–C) groups is 1. The van der Waals surface area contributed by atoms with E-state index in [1.54, 1.807) is 6.92 Å². The first kappa shape index (κ1) is 21.1. The Morgan fingerprint density at radius 1 is 1.36 bits per heavy atom. The first-order valence-corrected chi connectivity index (χ1v) is 8.13. The summed E-state index contributed by atoms with van der Waals surface area (Å²) in [6.45, 7) is 6.17. The van der Waals surface area contributed by atoms with Crippen LogP contribution in [0.15, 0.2) is 23.2 Å². The summed E-state index contributed by atoms with van der Waals surface area (Å²) in [6.07, 6.45) is -3.76. The van der Waals surface area contributed by atoms with E-state index in [2.05, 4.69) is 15.8 Å². The lowest BCUT2D eigenvalue weighted by molar-refractivity contribution is -0.137. The quantitative estimate of drug-likeness (QED) is 0.335. The molecular weight excluding hydrogens is 359 g/mol. The molecule has 9 heteroatoms. The minimum absolute atomic E-state index is 0.0302. The van der Waals surface area contributed by atoms with Crippen LogP contribution in [0.25, 0.3) is 0 Å². The zero-order chi connectivity index (χ0) is 19.0. The molecule has 0 aliphatic rings. The Bertz CT molecular complexity index is 619. The van der Waals surface area contributed by atoms with Gasteiger partial charge in [0.2, 0.25) is 5.84 Å². The number of nitrogens with zero attached hydrogens (tertiary/aromatic N) is 1. The largest absolute Gasteiger partial charge is 0.460 e. The van der Waals surface area contributed by atoms with Crippen LogP contribution in [0.5, 0.6) is 0 Å². The van der Waals surface area contributed by atoms with Crippen molar-refractivity contribution < 1.29 is 22.7 Å². The number of hydrogen-bond donors (Lipinski definition) is 2. The molecule has 0 aromatic heterocycles. The maximum atomic E-state index is 12.8. The Morgan fingerprint density at radius 2 is 2.04 bits per heavy atom. The number of ether oxygens (including phenoxy) is 1. The van der Waals surface area contributed by atoms with Crippen LogP contribution in [-0.4, -0.2) is 25.0 Å². The molecule has 0 fully saturated rings. The SMILES string of the molecule is CCOC(=O)C(=NCCC(C)C)NNc1cc(C(F)(F)F)ccc1Cl. The summed E-state index contributed by atoms with van der Waals surface area (Å²) >= 11 is 5.89. The third kappa shape index (κ3) is 7.21. The van der Waals surface area contributed by atoms with Crippen molar-refractivity contribution in [2.75, 3.05) is 18.6 Å². The summed E-state index contributed by atoms with van der Waals surface area (Å²) < 4.78 is 43.2. The van der Waals surface area contributed by atoms with Crippen molar-refractivity contribution in [2.24, 2.45) is 10.9 Å². The van der Waals surface area contributed by atoms with Crippen LogP contribution in [0.1, 0.15) is 32.8 Å². The lowest BCUT2D eigenvalue weighted by atomic mass is 10.1. The smallest absolute Gasteiger partial charge is 0.416 e. The normalized spacial score (nSPS) is 12.2. The third-order valence-electron chi connectivity index (χ3n) is 3.05. The number of hydrazine groups is 1. The van der Waals surface area contributed by atoms with Crippen LogP contribution in [0.4, 0.5) is 18.9 Å². The molecule has 1 rings (SSSR count). The topological polar surface area (TPSA) is 62.7 Å². The number of alkyl halides is 3. The second-order valence-electron chi connectivity index (χ2n) is 5.58. The van der Waals surface area contributed by atoms with E-state index < -0.39 is 17.7 Å². The highest BCUT2D eigenvalue weighted by atomic mass is 35.5. The van der Waals surface area contributed by atoms with Gasteiger partial charge in [0, 0.05) is 6.54 Å². The van der Waals surface area contributed by atoms with Gasteiger partial charge >= 0.3 is 12.1 Å². The maximum Gasteiger partial charge on any atom is 0.416 e. The Kier molecular flexibility index (Phi) is 8.02. The molecule has 1 aromatic carbocycles. The molecule has 0 spiro atoms. The van der Waals surface area contributed by atoms with Crippen molar-refractivity contribution in [3.63, 3.8) is 0 Å². The van der Waals surface area contributed by atoms with Gasteiger partial charge in [-0.05, 0) is 37.5 Å². The van der Waals surface area contributed by atoms with Gasteiger partial charge in [-0.2, -0.15) is 13.2 Å². The minimum atomic E-state index is -4.50. The van der Waals surface area contributed by atoms with Gasteiger partial charge in [-0.15, -0.1) is 0 Å². The Balaban J connectivity index is 2.90. The molecule has 0 atom stereocenters. The van der Waals surface area contributed by atoms with Gasteiger partial charge in [-0.3, -0.25) is 15.8 Å². The monoisotopic (exact) mass is 379 g/mol. The molecule has 0 bridgehead atoms. The van der Waals surface area contributed by atoms with Crippen molar-refractivity contribution in [3.8, 4) is 0 Å². The fraction of sp³-hybridized carbons (Fsp3) is 0.500. The Labute approximate surface area is 149 Å². The molecule has 0 amide bonds. The first-order valence-electron chi connectivity index (χ1n) is 7.75. The summed E-state index contributed by atoms with van der Waals surface area (Å²) in [4.78, 5) is 16.0. The van der Waals surface area contributed by atoms with E-state index in [9.17, 15) is 18.0 Å². The van der Waals surface area contributed by atoms with Gasteiger partial charge in [0.15, 0.2) is 0 Å². The molecule has 0 saturated carbocycles. The number of benzene rings is 1. The van der Waals surface area contributed by atoms with Crippen LogP contribution in [-0.2, 0) is 15.7 Å². The van der Waals surface area contributed by atoms with Gasteiger partial charge in [-0.1, -0.05) is 25.4 Å². The number of rotatable bonds is 6. The van der Waals surface area contributed by atoms with Crippen LogP contribution < -0.4 is 10.9 Å². The minimum Gasteiger partial charge on any atom is -0.460 e. The van der Waals surface area contributed by atoms with E-state index in [0.717, 1.165) is 24.6 Å². The number of esters is 1. The number of halogens is 4. The van der Waals surface area contributed by atoms with Gasteiger partial charge in [-0.25, -0.2) is 4.79 Å². The number of nitrogens with one attached hydrogen (secondary N) is 2. The lowest BCUT2D eigenvalue weighted by Crippen LogP contribution is -2.37. The first-order chi connectivity index (χ1) is 11.6. The summed E-state index contributed by atoms with van der Waals surface area (Å²) in [5.41, 5.74) is 4.08. The molecular formula is C16H21ClF3N3O2. The van der Waals surface area contributed by atoms with E-state index in [1.807, 2.05) is 13.8 Å². The van der Waals surface area contributed by atoms with Crippen molar-refractivity contribution in [2.45, 2.75) is 33.4 Å². The van der Waals surface area contributed by atoms with Crippen molar-refractivity contribution in [1.29, 1.82) is 0 Å². The number of anilines is 1. The zero-order valence-electron chi connectivity index (χ0n) is 14.2. The van der Waals surface area contributed by atoms with Crippen LogP contribution in [0.2, 0.25) is 5.02 Å². The molecule has 0 aliphatic heterocycles. The summed E-state index contributed by atoms with van der Waals surface area (Å²) in [7, 11) is 0. The molecule has 25 heavy (non-hydrogen) atoms. The van der Waals surface area contributed by atoms with E-state index in [0.29, 0.717) is 12.5 Å². The number of carbonyl (C=O) groups is 1. The van der Waals surface area contributed by atoms with Crippen molar-refractivity contribution >= 4 is 29.1 Å². The molecule has 0 aliphatic carbocycles. The van der Waals surface area contributed by atoms with E-state index in [1.165, 1.54) is 0 Å². The Morgan fingerprint density at radius 3 is 2.60 bits per heavy atom. The van der Waals surface area contributed by atoms with Crippen molar-refractivity contribution in [1.82, 2.24) is 5.43 Å². The number of hydrogen-bond acceptors (Lipinski definition) is 4. The second-order valence-corrected chi connectivity index (χ2v) is 5.98. The highest BCUT2D eigenvalue weighted by Gasteiger charge is 2.31. The fourth-order valence-corrected chi connectivity index (χ4v) is 1.88. The van der Waals surface area contributed by atoms with Crippen LogP contribution in [0, 0.1) is 5.92 Å². The molecule has 0 unspecified atom stereocenters. The predicted octanol–water partition coefficient (Wildman–Crippen LogP) is 4.28. The highest BCUT2D eigenvalue weighted by Crippen LogP contribution is 2.33. The van der Waals surface area contributed by atoms with Gasteiger partial charge in [0.05, 0.1) is 22.9 Å². The standard InChI is InChI=1S/C16H21ClF3N3O2/c1-4-25-15(24)14(21-8-7-10(2)3)23-22-13-9-11(16(18,19)20)5-6-12(13)17/h5-6,9-10,22H,4,7-8H2,1-3H3,(H,21,23). The number of carbonyl (C=O) groups excluding carboxylic acids is 1. The predicted molar refractivity (Wildman–Crippen MR) is 91.6 cm³/mol. The fourth-order valence-electron chi connectivity index (χ4n) is 1.71. The maximum absolute atomic E-state index is 12.8. The molecule has 2 N–H and O–H groups in total. The molecule has 0 heterocycles. The van der Waals surface area contributed by atoms with E-state index in [-0.39, 0.29) is 23.2 Å². The summed E-state index contributed by atoms with van der Waals surface area (Å²) in [5, 5.41) is 0.0610. The molecule has 5 nitrogen and oxygen atoms in total. The van der Waals surface area contributed by atoms with Crippen molar-refractivity contribution in [3.05, 3.63) is 28.8 Å². The van der Waals surface area contributed by atoms with Gasteiger partial charge in [0.1, 0.15) is 0 Å². The van der Waals surface area contributed by atoms with Gasteiger partial charge < -0.3 is 4.74 Å². The average molecular weight is 380 g/mol. The molecule has 0 saturated heterocycles. The Hall–Kier alpha value is -1.96. The highest BCUT2D eigenvalue weighted by molar-refractivity contribution is 6.36. The molecule has 140 valence electrons. The summed E-state index contributed by atoms with van der Waals surface area (Å²) in [6, 6.07) is 2.83. The van der Waals surface area contributed by atoms with E-state index in [4.69, 9.17) is 16.3 Å². The molecule has 1 aromatic rings. The van der Waals surface area contributed by atoms with Crippen LogP contribution in [0.3, 0.4) is 0 Å². The lowest BCUT2D eigenvalue weighted by Gasteiger charge is -2.15. The number of amidine groups is 1. The zero-order valence-corrected chi connectivity index (χ0v) is 15.0. The van der Waals surface area contributed by atoms with Gasteiger partial charge in [0.25, 0.3) is 0 Å².